The van der Waals surface area contributed by atoms with Crippen molar-refractivity contribution in [2.75, 3.05) is 0 Å². The van der Waals surface area contributed by atoms with Crippen molar-refractivity contribution in [3.8, 4) is 0 Å². The molecule has 0 aliphatic heterocycles. The molecular weight excluding hydrogens is 363 g/mol. The number of unbranched alkanes of at least 4 members (excludes halogenated alkanes) is 14. The Morgan fingerprint density at radius 2 is 0.923 bits per heavy atom. The Morgan fingerprint density at radius 1 is 0.692 bits per heavy atom. The molecule has 0 saturated heterocycles. The molecule has 0 saturated carbocycles. The Morgan fingerprint density at radius 3 is 1.15 bits per heavy atom. The number of ketones is 1. The van der Waals surface area contributed by atoms with Gasteiger partial charge in [-0.25, -0.2) is 0 Å². The fourth-order valence-electron chi connectivity index (χ4n) is 2.67. The maximum Gasteiger partial charge on any atom is 1.00 e. The van der Waals surface area contributed by atoms with E-state index in [1.807, 2.05) is 0 Å². The number of rotatable bonds is 16. The predicted octanol–water partition coefficient (Wildman–Crippen LogP) is 3.00. The van der Waals surface area contributed by atoms with Crippen LogP contribution in [0.1, 0.15) is 110 Å². The molecule has 0 spiro atoms. The number of carbonyl (C=O) groups is 1. The molecule has 7 heteroatoms. The van der Waals surface area contributed by atoms with Gasteiger partial charge in [-0.2, -0.15) is 14.8 Å². The van der Waals surface area contributed by atoms with Crippen molar-refractivity contribution < 1.29 is 51.9 Å². The van der Waals surface area contributed by atoms with Gasteiger partial charge in [0.2, 0.25) is 0 Å². The van der Waals surface area contributed by atoms with Crippen LogP contribution in [0.4, 0.5) is 0 Å². The molecule has 0 bridgehead atoms. The number of hydrogen-bond acceptors (Lipinski definition) is 3. The standard InChI is InChI=1S/C19H37O.Na.H2O4S/c1-3-4-5-6-7-8-9-10-11-12-13-14-15-16-17-18-19(2)20;;1-5(2,3)4/h1,3-18H2,2H3;;(H2,1,2,3,4)/q-1;+1;. The molecule has 26 heavy (non-hydrogen) atoms. The Bertz CT molecular complexity index is 377. The molecule has 0 aromatic heterocycles. The van der Waals surface area contributed by atoms with Crippen molar-refractivity contribution in [1.29, 1.82) is 0 Å². The number of Topliss-reactive ketones (excluding diaryl/α,β-unsaturated/α-hetero) is 1. The zero-order chi connectivity index (χ0) is 19.4. The van der Waals surface area contributed by atoms with Crippen LogP contribution in [-0.2, 0) is 15.2 Å². The van der Waals surface area contributed by atoms with Crippen molar-refractivity contribution >= 4 is 16.2 Å². The van der Waals surface area contributed by atoms with E-state index >= 15 is 0 Å². The van der Waals surface area contributed by atoms with Crippen LogP contribution in [0.5, 0.6) is 0 Å². The molecule has 0 heterocycles. The van der Waals surface area contributed by atoms with Gasteiger partial charge < -0.3 is 11.7 Å². The molecule has 0 fully saturated rings. The third-order valence-electron chi connectivity index (χ3n) is 4.03. The van der Waals surface area contributed by atoms with Crippen LogP contribution in [0.2, 0.25) is 0 Å². The minimum Gasteiger partial charge on any atom is -0.343 e. The molecule has 0 aromatic rings. The molecule has 0 atom stereocenters. The summed E-state index contributed by atoms with van der Waals surface area (Å²) in [5.74, 6) is 0.344. The molecule has 0 radical (unpaired) electrons. The average Bonchev–Trinajstić information content (AvgIpc) is 2.49. The van der Waals surface area contributed by atoms with Crippen LogP contribution in [0, 0.1) is 6.92 Å². The summed E-state index contributed by atoms with van der Waals surface area (Å²) < 4.78 is 31.6. The van der Waals surface area contributed by atoms with Crippen molar-refractivity contribution in [1.82, 2.24) is 0 Å². The second-order valence-electron chi connectivity index (χ2n) is 6.70. The van der Waals surface area contributed by atoms with Gasteiger partial charge in [0, 0.05) is 6.42 Å². The molecule has 0 rings (SSSR count). The van der Waals surface area contributed by atoms with E-state index in [1.54, 1.807) is 6.92 Å². The van der Waals surface area contributed by atoms with Gasteiger partial charge >= 0.3 is 40.0 Å². The van der Waals surface area contributed by atoms with Gasteiger partial charge in [0.25, 0.3) is 0 Å². The number of hydrogen-bond donors (Lipinski definition) is 2. The van der Waals surface area contributed by atoms with Gasteiger partial charge in [-0.05, 0) is 13.3 Å². The fourth-order valence-corrected chi connectivity index (χ4v) is 2.67. The van der Waals surface area contributed by atoms with Crippen LogP contribution in [-0.4, -0.2) is 23.3 Å². The van der Waals surface area contributed by atoms with Gasteiger partial charge in [-0.15, -0.1) is 0 Å². The van der Waals surface area contributed by atoms with E-state index in [1.165, 1.54) is 83.5 Å². The summed E-state index contributed by atoms with van der Waals surface area (Å²) in [6, 6.07) is 0. The van der Waals surface area contributed by atoms with E-state index in [0.29, 0.717) is 5.78 Å². The first-order valence-corrected chi connectivity index (χ1v) is 11.2. The summed E-state index contributed by atoms with van der Waals surface area (Å²) in [5.41, 5.74) is 0. The van der Waals surface area contributed by atoms with Crippen molar-refractivity contribution in [2.24, 2.45) is 0 Å². The maximum absolute atomic E-state index is 10.8. The largest absolute Gasteiger partial charge is 1.00 e. The summed E-state index contributed by atoms with van der Waals surface area (Å²) in [6.45, 7) is 5.57. The normalized spacial score (nSPS) is 10.6. The van der Waals surface area contributed by atoms with Gasteiger partial charge in [0.1, 0.15) is 5.78 Å². The van der Waals surface area contributed by atoms with Gasteiger partial charge in [-0.1, -0.05) is 83.5 Å². The maximum atomic E-state index is 10.8. The third kappa shape index (κ3) is 44.2. The molecule has 152 valence electrons. The smallest absolute Gasteiger partial charge is 0.343 e. The summed E-state index contributed by atoms with van der Waals surface area (Å²) in [6.07, 6.45) is 21.0. The van der Waals surface area contributed by atoms with Crippen molar-refractivity contribution in [3.63, 3.8) is 0 Å². The van der Waals surface area contributed by atoms with E-state index < -0.39 is 10.4 Å². The summed E-state index contributed by atoms with van der Waals surface area (Å²) in [5, 5.41) is 0. The van der Waals surface area contributed by atoms with Gasteiger partial charge in [0.15, 0.2) is 0 Å². The van der Waals surface area contributed by atoms with Crippen LogP contribution < -0.4 is 29.6 Å². The van der Waals surface area contributed by atoms with Crippen molar-refractivity contribution in [2.45, 2.75) is 110 Å². The molecule has 2 N–H and O–H groups in total. The van der Waals surface area contributed by atoms with E-state index in [9.17, 15) is 4.79 Å². The van der Waals surface area contributed by atoms with Crippen LogP contribution in [0.25, 0.3) is 0 Å². The summed E-state index contributed by atoms with van der Waals surface area (Å²) >= 11 is 0. The molecule has 0 aliphatic rings. The second kappa shape index (κ2) is 23.6. The molecule has 5 nitrogen and oxygen atoms in total. The molecular formula is C19H39NaO5S. The summed E-state index contributed by atoms with van der Waals surface area (Å²) in [7, 11) is -4.67. The first-order valence-electron chi connectivity index (χ1n) is 9.76. The first kappa shape index (κ1) is 31.2. The van der Waals surface area contributed by atoms with Crippen LogP contribution in [0.3, 0.4) is 0 Å². The fraction of sp³-hybridized carbons (Fsp3) is 0.895. The third-order valence-corrected chi connectivity index (χ3v) is 4.03. The van der Waals surface area contributed by atoms with Crippen LogP contribution >= 0.6 is 0 Å². The quantitative estimate of drug-likeness (QED) is 0.179. The van der Waals surface area contributed by atoms with Crippen molar-refractivity contribution in [3.05, 3.63) is 6.92 Å². The first-order chi connectivity index (χ1) is 11.8. The van der Waals surface area contributed by atoms with Gasteiger partial charge in [0.05, 0.1) is 0 Å². The Hall–Kier alpha value is 0.540. The van der Waals surface area contributed by atoms with E-state index in [0.717, 1.165) is 19.3 Å². The molecule has 0 aliphatic carbocycles. The van der Waals surface area contributed by atoms with E-state index in [-0.39, 0.29) is 29.6 Å². The zero-order valence-corrected chi connectivity index (χ0v) is 19.9. The molecule has 0 aromatic carbocycles. The monoisotopic (exact) mass is 402 g/mol. The van der Waals surface area contributed by atoms with Crippen LogP contribution in [0.15, 0.2) is 0 Å². The average molecular weight is 403 g/mol. The second-order valence-corrected chi connectivity index (χ2v) is 7.60. The zero-order valence-electron chi connectivity index (χ0n) is 17.0. The summed E-state index contributed by atoms with van der Waals surface area (Å²) in [4.78, 5) is 10.8. The van der Waals surface area contributed by atoms with E-state index in [2.05, 4.69) is 6.92 Å². The Labute approximate surface area is 184 Å². The van der Waals surface area contributed by atoms with E-state index in [4.69, 9.17) is 17.5 Å². The Kier molecular flexibility index (Phi) is 28.3. The Balaban J connectivity index is -0.000000772. The molecule has 0 unspecified atom stereocenters. The number of carbonyl (C=O) groups excluding carboxylic acids is 1. The topological polar surface area (TPSA) is 91.7 Å². The SMILES string of the molecule is O=S(=O)(O)O.[CH2-]CCCCCCCCCCCCCCCCC(C)=O.[Na+]. The molecule has 0 amide bonds. The minimum absolute atomic E-state index is 0. The van der Waals surface area contributed by atoms with Gasteiger partial charge in [-0.3, -0.25) is 9.11 Å². The predicted molar refractivity (Wildman–Crippen MR) is 104 cm³/mol. The minimum atomic E-state index is -4.67.